The van der Waals surface area contributed by atoms with Gasteiger partial charge in [0, 0.05) is 36.4 Å². The highest BCUT2D eigenvalue weighted by Gasteiger charge is 2.25. The molecule has 4 rings (SSSR count). The van der Waals surface area contributed by atoms with Gasteiger partial charge in [0.25, 0.3) is 0 Å². The molecule has 0 amide bonds. The van der Waals surface area contributed by atoms with Gasteiger partial charge < -0.3 is 14.8 Å². The van der Waals surface area contributed by atoms with Crippen LogP contribution in [0.1, 0.15) is 5.56 Å². The first kappa shape index (κ1) is 18.9. The van der Waals surface area contributed by atoms with Crippen molar-refractivity contribution in [1.29, 1.82) is 0 Å². The summed E-state index contributed by atoms with van der Waals surface area (Å²) in [4.78, 5) is 7.75. The Hall–Kier alpha value is -3.40. The quantitative estimate of drug-likeness (QED) is 0.495. The number of aromatic hydroxyl groups is 2. The summed E-state index contributed by atoms with van der Waals surface area (Å²) in [6.45, 7) is 0.138. The van der Waals surface area contributed by atoms with Gasteiger partial charge in [-0.25, -0.2) is 13.4 Å². The van der Waals surface area contributed by atoms with Crippen molar-refractivity contribution in [1.82, 2.24) is 14.5 Å². The molecule has 0 aliphatic heterocycles. The summed E-state index contributed by atoms with van der Waals surface area (Å²) in [5.74, 6) is -1.14. The van der Waals surface area contributed by atoms with Crippen LogP contribution in [0.5, 0.6) is 11.6 Å². The number of pyridine rings is 2. The van der Waals surface area contributed by atoms with E-state index >= 15 is 0 Å². The molecule has 0 fully saturated rings. The Kier molecular flexibility index (Phi) is 4.30. The number of hydrogen-bond donors (Lipinski definition) is 2. The smallest absolute Gasteiger partial charge is 0.232 e. The second kappa shape index (κ2) is 6.59. The van der Waals surface area contributed by atoms with Crippen molar-refractivity contribution >= 4 is 37.4 Å². The maximum absolute atomic E-state index is 13.1. The summed E-state index contributed by atoms with van der Waals surface area (Å²) in [7, 11) is -2.24. The van der Waals surface area contributed by atoms with Crippen LogP contribution in [0, 0.1) is 5.95 Å². The first-order valence-electron chi connectivity index (χ1n) is 8.54. The van der Waals surface area contributed by atoms with E-state index in [1.54, 1.807) is 12.1 Å². The van der Waals surface area contributed by atoms with Crippen LogP contribution in [-0.4, -0.2) is 46.5 Å². The van der Waals surface area contributed by atoms with Crippen molar-refractivity contribution in [3.8, 4) is 11.6 Å². The summed E-state index contributed by atoms with van der Waals surface area (Å²) >= 11 is 0. The highest BCUT2D eigenvalue weighted by atomic mass is 32.2. The topological polar surface area (TPSA) is 109 Å². The molecule has 0 aliphatic rings. The first-order chi connectivity index (χ1) is 13.7. The average molecular weight is 416 g/mol. The van der Waals surface area contributed by atoms with Crippen LogP contribution < -0.4 is 4.31 Å². The van der Waals surface area contributed by atoms with Crippen molar-refractivity contribution in [2.45, 2.75) is 6.54 Å². The van der Waals surface area contributed by atoms with Gasteiger partial charge in [0.15, 0.2) is 5.75 Å². The molecule has 0 saturated carbocycles. The van der Waals surface area contributed by atoms with E-state index in [1.165, 1.54) is 42.3 Å². The van der Waals surface area contributed by atoms with E-state index in [1.807, 2.05) is 0 Å². The number of sulfonamides is 1. The van der Waals surface area contributed by atoms with Crippen molar-refractivity contribution in [3.63, 3.8) is 0 Å². The molecule has 29 heavy (non-hydrogen) atoms. The molecule has 8 nitrogen and oxygen atoms in total. The van der Waals surface area contributed by atoms with E-state index < -0.39 is 16.0 Å². The van der Waals surface area contributed by atoms with Gasteiger partial charge in [-0.3, -0.25) is 9.29 Å². The van der Waals surface area contributed by atoms with Crippen LogP contribution >= 0.6 is 0 Å². The fourth-order valence-corrected chi connectivity index (χ4v) is 3.86. The number of halogens is 1. The van der Waals surface area contributed by atoms with Crippen molar-refractivity contribution in [2.24, 2.45) is 0 Å². The number of fused-ring (bicyclic) bond motifs is 2. The van der Waals surface area contributed by atoms with Crippen LogP contribution in [0.2, 0.25) is 0 Å². The Morgan fingerprint density at radius 2 is 1.93 bits per heavy atom. The van der Waals surface area contributed by atoms with Gasteiger partial charge in [0.05, 0.1) is 23.9 Å². The van der Waals surface area contributed by atoms with Gasteiger partial charge >= 0.3 is 0 Å². The molecule has 0 radical (unpaired) electrons. The number of nitrogens with zero attached hydrogens (tertiary/aromatic N) is 4. The molecule has 3 heterocycles. The predicted octanol–water partition coefficient (Wildman–Crippen LogP) is 2.58. The predicted molar refractivity (Wildman–Crippen MR) is 107 cm³/mol. The first-order valence-corrected chi connectivity index (χ1v) is 10.4. The monoisotopic (exact) mass is 416 g/mol. The molecule has 0 spiro atoms. The molecule has 0 aliphatic carbocycles. The zero-order chi connectivity index (χ0) is 20.9. The van der Waals surface area contributed by atoms with Crippen LogP contribution in [0.4, 0.5) is 10.1 Å². The molecule has 4 aromatic rings. The maximum Gasteiger partial charge on any atom is 0.232 e. The van der Waals surface area contributed by atoms with Crippen molar-refractivity contribution in [2.75, 3.05) is 17.6 Å². The highest BCUT2D eigenvalue weighted by Crippen LogP contribution is 2.46. The Morgan fingerprint density at radius 1 is 1.17 bits per heavy atom. The Morgan fingerprint density at radius 3 is 2.59 bits per heavy atom. The van der Waals surface area contributed by atoms with Gasteiger partial charge in [-0.1, -0.05) is 6.07 Å². The lowest BCUT2D eigenvalue weighted by Gasteiger charge is -2.20. The van der Waals surface area contributed by atoms with Crippen molar-refractivity contribution in [3.05, 3.63) is 54.4 Å². The summed E-state index contributed by atoms with van der Waals surface area (Å²) < 4.78 is 40.1. The van der Waals surface area contributed by atoms with E-state index in [0.29, 0.717) is 16.3 Å². The van der Waals surface area contributed by atoms with Gasteiger partial charge in [0.2, 0.25) is 21.9 Å². The second-order valence-electron chi connectivity index (χ2n) is 6.69. The fraction of sp³-hybridized carbons (Fsp3) is 0.158. The van der Waals surface area contributed by atoms with E-state index in [-0.39, 0.29) is 34.8 Å². The van der Waals surface area contributed by atoms with Gasteiger partial charge in [0.1, 0.15) is 5.52 Å². The summed E-state index contributed by atoms with van der Waals surface area (Å²) in [6.07, 6.45) is 5.41. The Bertz CT molecular complexity index is 1350. The second-order valence-corrected chi connectivity index (χ2v) is 8.70. The third-order valence-corrected chi connectivity index (χ3v) is 5.96. The van der Waals surface area contributed by atoms with Crippen LogP contribution in [0.25, 0.3) is 21.7 Å². The van der Waals surface area contributed by atoms with E-state index in [0.717, 1.165) is 10.6 Å². The van der Waals surface area contributed by atoms with Crippen LogP contribution in [0.15, 0.2) is 42.9 Å². The number of aromatic nitrogens is 3. The number of hydrogen-bond acceptors (Lipinski definition) is 6. The zero-order valence-electron chi connectivity index (χ0n) is 15.5. The zero-order valence-corrected chi connectivity index (χ0v) is 16.4. The maximum atomic E-state index is 13.1. The highest BCUT2D eigenvalue weighted by molar-refractivity contribution is 7.92. The lowest BCUT2D eigenvalue weighted by atomic mass is 10.1. The molecule has 1 aromatic carbocycles. The number of rotatable bonds is 4. The fourth-order valence-electron chi connectivity index (χ4n) is 3.33. The lowest BCUT2D eigenvalue weighted by molar-refractivity contribution is 0.425. The van der Waals surface area contributed by atoms with E-state index in [2.05, 4.69) is 9.97 Å². The Labute approximate surface area is 165 Å². The third kappa shape index (κ3) is 3.11. The molecule has 10 heteroatoms. The van der Waals surface area contributed by atoms with Crippen molar-refractivity contribution < 1.29 is 23.0 Å². The summed E-state index contributed by atoms with van der Waals surface area (Å²) in [5, 5.41) is 22.4. The molecule has 0 saturated heterocycles. The average Bonchev–Trinajstić information content (AvgIpc) is 2.99. The minimum absolute atomic E-state index is 0.0803. The summed E-state index contributed by atoms with van der Waals surface area (Å²) in [5.41, 5.74) is 1.07. The van der Waals surface area contributed by atoms with Gasteiger partial charge in [-0.2, -0.15) is 4.39 Å². The molecule has 0 bridgehead atoms. The minimum Gasteiger partial charge on any atom is -0.505 e. The number of benzene rings is 1. The normalized spacial score (nSPS) is 12.0. The van der Waals surface area contributed by atoms with Gasteiger partial charge in [-0.15, -0.1) is 0 Å². The molecule has 2 N–H and O–H groups in total. The Balaban J connectivity index is 2.03. The number of phenolic OH excluding ortho intramolecular Hbond substituents is 1. The SMILES string of the molecule is CN(c1c2cccnc2c(O)c2c(O)n(Cc3ccc(F)nc3)cc12)S(C)(=O)=O. The lowest BCUT2D eigenvalue weighted by Crippen LogP contribution is -2.25. The molecule has 0 unspecified atom stereocenters. The minimum atomic E-state index is -3.64. The molecule has 0 atom stereocenters. The summed E-state index contributed by atoms with van der Waals surface area (Å²) in [6, 6.07) is 6.01. The molecule has 3 aromatic heterocycles. The van der Waals surface area contributed by atoms with E-state index in [4.69, 9.17) is 0 Å². The molecule has 150 valence electrons. The standard InChI is InChI=1S/C19H17FN4O4S/c1-23(29(2,27)28)17-12-4-3-7-21-16(12)18(25)15-13(17)10-24(19(15)26)9-11-5-6-14(20)22-8-11/h3-8,10,25-26H,9H2,1-2H3. The third-order valence-electron chi connectivity index (χ3n) is 4.78. The molecular formula is C19H17FN4O4S. The van der Waals surface area contributed by atoms with Crippen LogP contribution in [-0.2, 0) is 16.6 Å². The largest absolute Gasteiger partial charge is 0.505 e. The number of anilines is 1. The van der Waals surface area contributed by atoms with Crippen LogP contribution in [0.3, 0.4) is 0 Å². The van der Waals surface area contributed by atoms with E-state index in [9.17, 15) is 23.0 Å². The number of phenols is 1. The van der Waals surface area contributed by atoms with Gasteiger partial charge in [-0.05, 0) is 23.8 Å². The molecular weight excluding hydrogens is 399 g/mol.